The maximum absolute atomic E-state index is 12.0. The number of hydrogen-bond donors (Lipinski definition) is 2. The first-order valence-electron chi connectivity index (χ1n) is 6.80. The second-order valence-electron chi connectivity index (χ2n) is 4.96. The van der Waals surface area contributed by atoms with E-state index in [1.165, 1.54) is 9.91 Å². The molecule has 3 heterocycles. The Morgan fingerprint density at radius 2 is 2.05 bits per heavy atom. The van der Waals surface area contributed by atoms with Crippen molar-refractivity contribution in [2.45, 2.75) is 0 Å². The van der Waals surface area contributed by atoms with Gasteiger partial charge in [0.05, 0.1) is 12.4 Å². The third kappa shape index (κ3) is 1.85. The number of H-pyrrole nitrogens is 1. The summed E-state index contributed by atoms with van der Waals surface area (Å²) in [6.07, 6.45) is 1.83. The van der Waals surface area contributed by atoms with E-state index in [1.54, 1.807) is 7.05 Å². The lowest BCUT2D eigenvalue weighted by Gasteiger charge is -2.23. The molecule has 8 nitrogen and oxygen atoms in total. The van der Waals surface area contributed by atoms with Crippen LogP contribution in [0.25, 0.3) is 17.0 Å². The van der Waals surface area contributed by atoms with Gasteiger partial charge < -0.3 is 10.3 Å². The van der Waals surface area contributed by atoms with Crippen molar-refractivity contribution in [3.63, 3.8) is 0 Å². The molecule has 110 valence electrons. The van der Waals surface area contributed by atoms with Gasteiger partial charge in [0, 0.05) is 18.8 Å². The van der Waals surface area contributed by atoms with Crippen LogP contribution in [0.5, 0.6) is 0 Å². The van der Waals surface area contributed by atoms with Gasteiger partial charge in [-0.2, -0.15) is 5.01 Å². The van der Waals surface area contributed by atoms with Gasteiger partial charge in [-0.1, -0.05) is 35.6 Å². The largest absolute Gasteiger partial charge is 0.361 e. The van der Waals surface area contributed by atoms with Crippen LogP contribution in [0.1, 0.15) is 5.82 Å². The summed E-state index contributed by atoms with van der Waals surface area (Å²) in [6, 6.07) is 9.65. The first-order valence-corrected chi connectivity index (χ1v) is 6.80. The Balaban J connectivity index is 1.73. The van der Waals surface area contributed by atoms with Crippen molar-refractivity contribution in [2.24, 2.45) is 10.3 Å². The number of nitrogens with one attached hydrogen (secondary N) is 2. The lowest BCUT2D eigenvalue weighted by Crippen LogP contribution is -2.40. The highest BCUT2D eigenvalue weighted by molar-refractivity contribution is 5.81. The predicted molar refractivity (Wildman–Crippen MR) is 78.8 cm³/mol. The zero-order valence-electron chi connectivity index (χ0n) is 11.8. The number of carbonyl (C=O) groups is 1. The summed E-state index contributed by atoms with van der Waals surface area (Å²) < 4.78 is 0. The lowest BCUT2D eigenvalue weighted by atomic mass is 10.2. The summed E-state index contributed by atoms with van der Waals surface area (Å²) in [5.41, 5.74) is 2.53. The molecule has 1 aromatic heterocycles. The zero-order chi connectivity index (χ0) is 15.1. The Bertz CT molecular complexity index is 793. The maximum atomic E-state index is 12.0. The number of imidazole rings is 1. The quantitative estimate of drug-likeness (QED) is 0.888. The number of fused-ring (bicyclic) bond motifs is 1. The van der Waals surface area contributed by atoms with Gasteiger partial charge in [-0.3, -0.25) is 4.90 Å². The highest BCUT2D eigenvalue weighted by Gasteiger charge is 2.34. The summed E-state index contributed by atoms with van der Waals surface area (Å²) >= 11 is 0. The molecule has 22 heavy (non-hydrogen) atoms. The smallest absolute Gasteiger partial charge is 0.348 e. The van der Waals surface area contributed by atoms with E-state index in [2.05, 4.69) is 25.6 Å². The molecular formula is C14H13N7O. The number of amides is 2. The fraction of sp³-hybridized carbons (Fsp3) is 0.143. The fourth-order valence-electron chi connectivity index (χ4n) is 2.43. The molecule has 0 radical (unpaired) electrons. The number of aromatic amines is 1. The predicted octanol–water partition coefficient (Wildman–Crippen LogP) is 2.00. The molecule has 2 aliphatic rings. The minimum Gasteiger partial charge on any atom is -0.361 e. The zero-order valence-corrected chi connectivity index (χ0v) is 11.8. The Kier molecular flexibility index (Phi) is 2.68. The molecule has 0 spiro atoms. The average Bonchev–Trinajstić information content (AvgIpc) is 3.18. The van der Waals surface area contributed by atoms with E-state index in [1.807, 2.05) is 36.5 Å². The molecule has 2 N–H and O–H groups in total. The van der Waals surface area contributed by atoms with Crippen LogP contribution in [0.3, 0.4) is 0 Å². The molecule has 1 aromatic carbocycles. The number of benzene rings is 1. The normalized spacial score (nSPS) is 17.0. The van der Waals surface area contributed by atoms with Crippen LogP contribution in [0.2, 0.25) is 0 Å². The van der Waals surface area contributed by atoms with Crippen LogP contribution >= 0.6 is 0 Å². The summed E-state index contributed by atoms with van der Waals surface area (Å²) in [7, 11) is 1.57. The van der Waals surface area contributed by atoms with E-state index < -0.39 is 0 Å². The van der Waals surface area contributed by atoms with Crippen LogP contribution in [0, 0.1) is 0 Å². The third-order valence-corrected chi connectivity index (χ3v) is 3.56. The second-order valence-corrected chi connectivity index (χ2v) is 4.96. The second kappa shape index (κ2) is 4.69. The maximum Gasteiger partial charge on any atom is 0.348 e. The molecule has 0 saturated heterocycles. The number of aromatic nitrogens is 2. The first kappa shape index (κ1) is 12.6. The van der Waals surface area contributed by atoms with Crippen molar-refractivity contribution in [2.75, 3.05) is 13.7 Å². The van der Waals surface area contributed by atoms with Crippen molar-refractivity contribution in [1.29, 1.82) is 0 Å². The van der Waals surface area contributed by atoms with Crippen molar-refractivity contribution in [3.8, 4) is 11.3 Å². The minimum absolute atomic E-state index is 0.220. The van der Waals surface area contributed by atoms with E-state index in [0.717, 1.165) is 11.3 Å². The van der Waals surface area contributed by atoms with Crippen molar-refractivity contribution in [1.82, 2.24) is 25.2 Å². The monoisotopic (exact) mass is 295 g/mol. The first-order chi connectivity index (χ1) is 10.7. The van der Waals surface area contributed by atoms with E-state index >= 15 is 0 Å². The highest BCUT2D eigenvalue weighted by atomic mass is 16.2. The Labute approximate surface area is 126 Å². The lowest BCUT2D eigenvalue weighted by molar-refractivity contribution is 0.165. The molecule has 0 fully saturated rings. The molecule has 0 unspecified atom stereocenters. The Hall–Kier alpha value is -3.16. The van der Waals surface area contributed by atoms with Crippen LogP contribution in [0.4, 0.5) is 4.79 Å². The van der Waals surface area contributed by atoms with Crippen molar-refractivity contribution >= 4 is 11.7 Å². The summed E-state index contributed by atoms with van der Waals surface area (Å²) in [4.78, 5) is 21.2. The molecule has 0 bridgehead atoms. The van der Waals surface area contributed by atoms with Gasteiger partial charge in [-0.25, -0.2) is 9.78 Å². The van der Waals surface area contributed by atoms with Gasteiger partial charge in [0.1, 0.15) is 5.70 Å². The van der Waals surface area contributed by atoms with Crippen LogP contribution in [-0.4, -0.2) is 39.6 Å². The topological polar surface area (TPSA) is 89.0 Å². The van der Waals surface area contributed by atoms with Gasteiger partial charge in [-0.15, -0.1) is 5.11 Å². The SMILES string of the molecule is CN1N=NC2=C(c3nc(-c4ccccc4)c[nH]3)NCN2C1=O. The third-order valence-electron chi connectivity index (χ3n) is 3.56. The number of rotatable bonds is 2. The molecule has 0 atom stereocenters. The van der Waals surface area contributed by atoms with Gasteiger partial charge >= 0.3 is 6.03 Å². The fourth-order valence-corrected chi connectivity index (χ4v) is 2.43. The van der Waals surface area contributed by atoms with Crippen molar-refractivity contribution in [3.05, 3.63) is 48.2 Å². The summed E-state index contributed by atoms with van der Waals surface area (Å²) in [5, 5.41) is 12.2. The van der Waals surface area contributed by atoms with E-state index in [4.69, 9.17) is 0 Å². The molecule has 0 saturated carbocycles. The molecule has 4 rings (SSSR count). The number of carbonyl (C=O) groups excluding carboxylic acids is 1. The average molecular weight is 295 g/mol. The van der Waals surface area contributed by atoms with E-state index in [-0.39, 0.29) is 6.03 Å². The van der Waals surface area contributed by atoms with Gasteiger partial charge in [0.25, 0.3) is 0 Å². The molecule has 2 aliphatic heterocycles. The highest BCUT2D eigenvalue weighted by Crippen LogP contribution is 2.28. The van der Waals surface area contributed by atoms with Crippen LogP contribution in [0.15, 0.2) is 52.7 Å². The van der Waals surface area contributed by atoms with Gasteiger partial charge in [0.15, 0.2) is 11.6 Å². The standard InChI is InChI=1S/C14H13N7O/c1-20-14(22)21-8-16-11(13(21)18-19-20)12-15-7-10(17-12)9-5-3-2-4-6-9/h2-7,16H,8H2,1H3,(H,15,17). The van der Waals surface area contributed by atoms with Gasteiger partial charge in [-0.05, 0) is 0 Å². The molecule has 8 heteroatoms. The summed E-state index contributed by atoms with van der Waals surface area (Å²) in [6.45, 7) is 0.355. The Morgan fingerprint density at radius 1 is 1.23 bits per heavy atom. The molecule has 0 aliphatic carbocycles. The van der Waals surface area contributed by atoms with Gasteiger partial charge in [0.2, 0.25) is 0 Å². The molecular weight excluding hydrogens is 282 g/mol. The van der Waals surface area contributed by atoms with E-state index in [9.17, 15) is 4.79 Å². The van der Waals surface area contributed by atoms with Crippen LogP contribution < -0.4 is 5.32 Å². The molecule has 2 aromatic rings. The number of nitrogens with zero attached hydrogens (tertiary/aromatic N) is 5. The summed E-state index contributed by atoms with van der Waals surface area (Å²) in [5.74, 6) is 1.12. The van der Waals surface area contributed by atoms with Crippen molar-refractivity contribution < 1.29 is 4.79 Å². The number of hydrogen-bond acceptors (Lipinski definition) is 5. The minimum atomic E-state index is -0.220. The number of urea groups is 1. The van der Waals surface area contributed by atoms with Crippen LogP contribution in [-0.2, 0) is 0 Å². The molecule has 2 amide bonds. The van der Waals surface area contributed by atoms with E-state index in [0.29, 0.717) is 24.0 Å². The Morgan fingerprint density at radius 3 is 2.86 bits per heavy atom.